The molecule has 0 aliphatic rings. The predicted octanol–water partition coefficient (Wildman–Crippen LogP) is 3.73. The van der Waals surface area contributed by atoms with Gasteiger partial charge in [-0.3, -0.25) is 4.79 Å². The van der Waals surface area contributed by atoms with E-state index >= 15 is 0 Å². The molecule has 3 N–H and O–H groups in total. The van der Waals surface area contributed by atoms with E-state index in [1.165, 1.54) is 0 Å². The molecule has 1 amide bonds. The maximum atomic E-state index is 12.0. The molecule has 0 radical (unpaired) electrons. The topological polar surface area (TPSA) is 55.1 Å². The molecule has 110 valence electrons. The number of halogens is 1. The molecule has 21 heavy (non-hydrogen) atoms. The molecule has 0 heterocycles. The van der Waals surface area contributed by atoms with E-state index in [0.29, 0.717) is 17.9 Å². The number of hydrogen-bond donors (Lipinski definition) is 2. The van der Waals surface area contributed by atoms with Crippen molar-refractivity contribution in [3.63, 3.8) is 0 Å². The van der Waals surface area contributed by atoms with Crippen molar-refractivity contribution in [2.75, 3.05) is 5.73 Å². The highest BCUT2D eigenvalue weighted by molar-refractivity contribution is 6.30. The Morgan fingerprint density at radius 3 is 2.62 bits per heavy atom. The lowest BCUT2D eigenvalue weighted by molar-refractivity contribution is -0.121. The number of amides is 1. The van der Waals surface area contributed by atoms with Crippen molar-refractivity contribution in [1.82, 2.24) is 5.32 Å². The van der Waals surface area contributed by atoms with Gasteiger partial charge in [-0.2, -0.15) is 0 Å². The third kappa shape index (κ3) is 4.80. The quantitative estimate of drug-likeness (QED) is 0.827. The van der Waals surface area contributed by atoms with E-state index in [2.05, 4.69) is 5.32 Å². The molecule has 0 bridgehead atoms. The number of nitrogens with two attached hydrogens (primary N) is 1. The Morgan fingerprint density at radius 1 is 1.24 bits per heavy atom. The molecule has 0 aromatic heterocycles. The van der Waals surface area contributed by atoms with Crippen molar-refractivity contribution in [2.45, 2.75) is 25.8 Å². The number of nitrogens with one attached hydrogen (secondary N) is 1. The molecular formula is C17H19ClN2O. The van der Waals surface area contributed by atoms with E-state index in [1.807, 2.05) is 55.5 Å². The van der Waals surface area contributed by atoms with Crippen LogP contribution in [0.3, 0.4) is 0 Å². The largest absolute Gasteiger partial charge is 0.399 e. The van der Waals surface area contributed by atoms with Crippen LogP contribution < -0.4 is 11.1 Å². The number of carbonyl (C=O) groups is 1. The number of nitrogen functional groups attached to an aromatic ring is 1. The lowest BCUT2D eigenvalue weighted by Crippen LogP contribution is -2.26. The van der Waals surface area contributed by atoms with Crippen LogP contribution in [-0.4, -0.2) is 5.91 Å². The molecule has 2 aromatic rings. The van der Waals surface area contributed by atoms with Crippen LogP contribution in [0, 0.1) is 0 Å². The molecule has 0 aliphatic heterocycles. The summed E-state index contributed by atoms with van der Waals surface area (Å²) in [6, 6.07) is 15.1. The van der Waals surface area contributed by atoms with Gasteiger partial charge in [-0.25, -0.2) is 0 Å². The van der Waals surface area contributed by atoms with Gasteiger partial charge in [0.15, 0.2) is 0 Å². The molecule has 0 saturated carbocycles. The first kappa shape index (κ1) is 15.4. The Morgan fingerprint density at radius 2 is 1.95 bits per heavy atom. The van der Waals surface area contributed by atoms with Crippen LogP contribution in [0.15, 0.2) is 48.5 Å². The Balaban J connectivity index is 1.85. The summed E-state index contributed by atoms with van der Waals surface area (Å²) in [5.74, 6) is 0.0277. The van der Waals surface area contributed by atoms with Gasteiger partial charge >= 0.3 is 0 Å². The number of hydrogen-bond acceptors (Lipinski definition) is 2. The van der Waals surface area contributed by atoms with E-state index in [0.717, 1.165) is 16.8 Å². The summed E-state index contributed by atoms with van der Waals surface area (Å²) in [5, 5.41) is 3.68. The monoisotopic (exact) mass is 302 g/mol. The van der Waals surface area contributed by atoms with Crippen molar-refractivity contribution in [1.29, 1.82) is 0 Å². The molecule has 3 nitrogen and oxygen atoms in total. The Hall–Kier alpha value is -2.00. The Kier molecular flexibility index (Phi) is 5.23. The molecule has 4 heteroatoms. The fourth-order valence-corrected chi connectivity index (χ4v) is 2.28. The van der Waals surface area contributed by atoms with E-state index in [4.69, 9.17) is 17.3 Å². The van der Waals surface area contributed by atoms with Crippen molar-refractivity contribution in [3.05, 3.63) is 64.7 Å². The number of anilines is 1. The highest BCUT2D eigenvalue weighted by atomic mass is 35.5. The van der Waals surface area contributed by atoms with Gasteiger partial charge in [0.1, 0.15) is 0 Å². The van der Waals surface area contributed by atoms with Gasteiger partial charge in [0.05, 0.1) is 6.04 Å². The van der Waals surface area contributed by atoms with Gasteiger partial charge < -0.3 is 11.1 Å². The van der Waals surface area contributed by atoms with Crippen LogP contribution in [0.25, 0.3) is 0 Å². The SMILES string of the molecule is CC(NC(=O)CCc1cccc(N)c1)c1ccc(Cl)cc1. The minimum atomic E-state index is -0.0318. The summed E-state index contributed by atoms with van der Waals surface area (Å²) in [6.45, 7) is 1.96. The smallest absolute Gasteiger partial charge is 0.220 e. The summed E-state index contributed by atoms with van der Waals surface area (Å²) < 4.78 is 0. The second-order valence-corrected chi connectivity index (χ2v) is 5.52. The zero-order valence-corrected chi connectivity index (χ0v) is 12.7. The van der Waals surface area contributed by atoms with Crippen LogP contribution in [-0.2, 0) is 11.2 Å². The van der Waals surface area contributed by atoms with Crippen molar-refractivity contribution in [2.24, 2.45) is 0 Å². The summed E-state index contributed by atoms with van der Waals surface area (Å²) in [6.07, 6.45) is 1.13. The molecule has 1 atom stereocenters. The van der Waals surface area contributed by atoms with E-state index in [1.54, 1.807) is 0 Å². The third-order valence-corrected chi connectivity index (χ3v) is 3.59. The number of benzene rings is 2. The average molecular weight is 303 g/mol. The molecule has 2 aromatic carbocycles. The molecular weight excluding hydrogens is 284 g/mol. The fraction of sp³-hybridized carbons (Fsp3) is 0.235. The summed E-state index contributed by atoms with van der Waals surface area (Å²) in [4.78, 5) is 12.0. The Bertz CT molecular complexity index is 610. The summed E-state index contributed by atoms with van der Waals surface area (Å²) >= 11 is 5.85. The maximum absolute atomic E-state index is 12.0. The second-order valence-electron chi connectivity index (χ2n) is 5.09. The average Bonchev–Trinajstić information content (AvgIpc) is 2.46. The maximum Gasteiger partial charge on any atom is 0.220 e. The van der Waals surface area contributed by atoms with Gasteiger partial charge in [-0.1, -0.05) is 35.9 Å². The molecule has 0 saturated heterocycles. The van der Waals surface area contributed by atoms with Crippen molar-refractivity contribution >= 4 is 23.2 Å². The van der Waals surface area contributed by atoms with Gasteiger partial charge in [0, 0.05) is 17.1 Å². The minimum absolute atomic E-state index is 0.0277. The number of rotatable bonds is 5. The first-order valence-corrected chi connectivity index (χ1v) is 7.31. The summed E-state index contributed by atoms with van der Waals surface area (Å²) in [5.41, 5.74) is 8.56. The molecule has 1 unspecified atom stereocenters. The lowest BCUT2D eigenvalue weighted by Gasteiger charge is -2.14. The first-order valence-electron chi connectivity index (χ1n) is 6.94. The van der Waals surface area contributed by atoms with Crippen LogP contribution in [0.5, 0.6) is 0 Å². The molecule has 2 rings (SSSR count). The minimum Gasteiger partial charge on any atom is -0.399 e. The number of aryl methyl sites for hydroxylation is 1. The third-order valence-electron chi connectivity index (χ3n) is 3.34. The van der Waals surface area contributed by atoms with E-state index < -0.39 is 0 Å². The fourth-order valence-electron chi connectivity index (χ4n) is 2.15. The predicted molar refractivity (Wildman–Crippen MR) is 87.2 cm³/mol. The van der Waals surface area contributed by atoms with Crippen LogP contribution in [0.4, 0.5) is 5.69 Å². The normalized spacial score (nSPS) is 11.9. The highest BCUT2D eigenvalue weighted by Gasteiger charge is 2.09. The van der Waals surface area contributed by atoms with Crippen LogP contribution >= 0.6 is 11.6 Å². The first-order chi connectivity index (χ1) is 10.0. The lowest BCUT2D eigenvalue weighted by atomic mass is 10.1. The van der Waals surface area contributed by atoms with Crippen molar-refractivity contribution < 1.29 is 4.79 Å². The van der Waals surface area contributed by atoms with Crippen LogP contribution in [0.1, 0.15) is 30.5 Å². The van der Waals surface area contributed by atoms with Crippen LogP contribution in [0.2, 0.25) is 5.02 Å². The van der Waals surface area contributed by atoms with Crippen molar-refractivity contribution in [3.8, 4) is 0 Å². The van der Waals surface area contributed by atoms with E-state index in [-0.39, 0.29) is 11.9 Å². The Labute approximate surface area is 130 Å². The molecule has 0 spiro atoms. The molecule has 0 aliphatic carbocycles. The molecule has 0 fully saturated rings. The zero-order valence-electron chi connectivity index (χ0n) is 12.0. The highest BCUT2D eigenvalue weighted by Crippen LogP contribution is 2.16. The zero-order chi connectivity index (χ0) is 15.2. The van der Waals surface area contributed by atoms with Gasteiger partial charge in [0.2, 0.25) is 5.91 Å². The summed E-state index contributed by atoms with van der Waals surface area (Å²) in [7, 11) is 0. The van der Waals surface area contributed by atoms with Gasteiger partial charge in [0.25, 0.3) is 0 Å². The standard InChI is InChI=1S/C17H19ClN2O/c1-12(14-6-8-15(18)9-7-14)20-17(21)10-5-13-3-2-4-16(19)11-13/h2-4,6-9,11-12H,5,10,19H2,1H3,(H,20,21). The van der Waals surface area contributed by atoms with E-state index in [9.17, 15) is 4.79 Å². The second kappa shape index (κ2) is 7.14. The van der Waals surface area contributed by atoms with Gasteiger partial charge in [-0.05, 0) is 48.7 Å². The number of carbonyl (C=O) groups excluding carboxylic acids is 1. The van der Waals surface area contributed by atoms with Gasteiger partial charge in [-0.15, -0.1) is 0 Å².